The minimum absolute atomic E-state index is 0.131. The van der Waals surface area contributed by atoms with Crippen LogP contribution < -0.4 is 0 Å². The summed E-state index contributed by atoms with van der Waals surface area (Å²) in [6, 6.07) is 5.53. The highest BCUT2D eigenvalue weighted by atomic mass is 16.6. The van der Waals surface area contributed by atoms with Crippen LogP contribution in [0.15, 0.2) is 36.8 Å². The Bertz CT molecular complexity index is 615. The molecule has 0 N–H and O–H groups in total. The van der Waals surface area contributed by atoms with Gasteiger partial charge in [-0.05, 0) is 45.4 Å². The predicted octanol–water partition coefficient (Wildman–Crippen LogP) is 3.20. The highest BCUT2D eigenvalue weighted by molar-refractivity contribution is 5.68. The number of pyridine rings is 1. The number of nitrogens with zero attached hydrogens (tertiary/aromatic N) is 4. The second-order valence-corrected chi connectivity index (χ2v) is 6.17. The molecule has 6 heteroatoms. The Hall–Kier alpha value is -2.37. The van der Waals surface area contributed by atoms with Crippen LogP contribution >= 0.6 is 0 Å². The van der Waals surface area contributed by atoms with E-state index in [9.17, 15) is 4.79 Å². The first-order chi connectivity index (χ1) is 10.3. The molecule has 0 spiro atoms. The Kier molecular flexibility index (Phi) is 4.49. The molecule has 0 saturated carbocycles. The third-order valence-corrected chi connectivity index (χ3v) is 3.25. The molecule has 0 aliphatic heterocycles. The number of rotatable bonds is 3. The summed E-state index contributed by atoms with van der Waals surface area (Å²) in [5.74, 6) is 0.737. The van der Waals surface area contributed by atoms with E-state index in [1.54, 1.807) is 29.0 Å². The van der Waals surface area contributed by atoms with Crippen LogP contribution in [-0.4, -0.2) is 38.4 Å². The molecule has 0 aliphatic rings. The minimum Gasteiger partial charge on any atom is -0.444 e. The molecule has 0 bridgehead atoms. The van der Waals surface area contributed by atoms with Crippen LogP contribution in [0.2, 0.25) is 0 Å². The molecule has 22 heavy (non-hydrogen) atoms. The zero-order valence-corrected chi connectivity index (χ0v) is 13.6. The lowest BCUT2D eigenvalue weighted by atomic mass is 10.1. The zero-order chi connectivity index (χ0) is 16.3. The summed E-state index contributed by atoms with van der Waals surface area (Å²) < 4.78 is 7.06. The smallest absolute Gasteiger partial charge is 0.410 e. The fraction of sp³-hybridized carbons (Fsp3) is 0.438. The SMILES string of the molecule is C[C@@H](c1ccc(-n2cccn2)nc1)N(C)C(=O)OC(C)(C)C. The van der Waals surface area contributed by atoms with Crippen molar-refractivity contribution < 1.29 is 9.53 Å². The van der Waals surface area contributed by atoms with Crippen LogP contribution in [0.3, 0.4) is 0 Å². The number of hydrogen-bond acceptors (Lipinski definition) is 4. The molecular formula is C16H22N4O2. The molecular weight excluding hydrogens is 280 g/mol. The molecule has 1 atom stereocenters. The lowest BCUT2D eigenvalue weighted by Gasteiger charge is -2.28. The number of hydrogen-bond donors (Lipinski definition) is 0. The first kappa shape index (κ1) is 16.0. The third kappa shape index (κ3) is 3.84. The van der Waals surface area contributed by atoms with Gasteiger partial charge in [-0.2, -0.15) is 5.10 Å². The number of carbonyl (C=O) groups is 1. The molecule has 0 radical (unpaired) electrons. The van der Waals surface area contributed by atoms with Crippen LogP contribution in [0.25, 0.3) is 5.82 Å². The standard InChI is InChI=1S/C16H22N4O2/c1-12(19(5)15(21)22-16(2,3)4)13-7-8-14(17-11-13)20-10-6-9-18-20/h6-12H,1-5H3/t12-/m0/s1. The maximum atomic E-state index is 12.1. The number of amides is 1. The molecule has 118 valence electrons. The summed E-state index contributed by atoms with van der Waals surface area (Å²) in [7, 11) is 1.72. The van der Waals surface area contributed by atoms with Gasteiger partial charge in [-0.25, -0.2) is 14.5 Å². The number of carbonyl (C=O) groups excluding carboxylic acids is 1. The van der Waals surface area contributed by atoms with Gasteiger partial charge in [0.1, 0.15) is 5.60 Å². The first-order valence-electron chi connectivity index (χ1n) is 7.20. The summed E-state index contributed by atoms with van der Waals surface area (Å²) in [4.78, 5) is 18.0. The van der Waals surface area contributed by atoms with Crippen LogP contribution in [0.5, 0.6) is 0 Å². The molecule has 0 unspecified atom stereocenters. The second kappa shape index (κ2) is 6.17. The van der Waals surface area contributed by atoms with E-state index in [1.165, 1.54) is 0 Å². The van der Waals surface area contributed by atoms with Crippen LogP contribution in [0.1, 0.15) is 39.3 Å². The van der Waals surface area contributed by atoms with Gasteiger partial charge in [-0.1, -0.05) is 6.07 Å². The van der Waals surface area contributed by atoms with E-state index in [-0.39, 0.29) is 12.1 Å². The predicted molar refractivity (Wildman–Crippen MR) is 83.8 cm³/mol. The molecule has 6 nitrogen and oxygen atoms in total. The van der Waals surface area contributed by atoms with Crippen LogP contribution in [-0.2, 0) is 4.74 Å². The van der Waals surface area contributed by atoms with Crippen molar-refractivity contribution in [2.24, 2.45) is 0 Å². The highest BCUT2D eigenvalue weighted by Gasteiger charge is 2.23. The number of aromatic nitrogens is 3. The van der Waals surface area contributed by atoms with Gasteiger partial charge in [-0.15, -0.1) is 0 Å². The van der Waals surface area contributed by atoms with Crippen molar-refractivity contribution in [2.75, 3.05) is 7.05 Å². The van der Waals surface area contributed by atoms with E-state index in [2.05, 4.69) is 10.1 Å². The maximum absolute atomic E-state index is 12.1. The Morgan fingerprint density at radius 3 is 2.59 bits per heavy atom. The van der Waals surface area contributed by atoms with Crippen molar-refractivity contribution in [3.05, 3.63) is 42.4 Å². The topological polar surface area (TPSA) is 60.2 Å². The Labute approximate surface area is 130 Å². The molecule has 1 amide bonds. The van der Waals surface area contributed by atoms with Gasteiger partial charge < -0.3 is 9.64 Å². The molecule has 2 heterocycles. The highest BCUT2D eigenvalue weighted by Crippen LogP contribution is 2.21. The van der Waals surface area contributed by atoms with E-state index in [0.29, 0.717) is 0 Å². The van der Waals surface area contributed by atoms with Crippen molar-refractivity contribution in [1.82, 2.24) is 19.7 Å². The Morgan fingerprint density at radius 1 is 1.36 bits per heavy atom. The summed E-state index contributed by atoms with van der Waals surface area (Å²) >= 11 is 0. The molecule has 0 fully saturated rings. The zero-order valence-electron chi connectivity index (χ0n) is 13.6. The lowest BCUT2D eigenvalue weighted by molar-refractivity contribution is 0.0233. The fourth-order valence-electron chi connectivity index (χ4n) is 1.90. The second-order valence-electron chi connectivity index (χ2n) is 6.17. The largest absolute Gasteiger partial charge is 0.444 e. The summed E-state index contributed by atoms with van der Waals surface area (Å²) in [6.45, 7) is 7.49. The molecule has 2 aromatic heterocycles. The van der Waals surface area contributed by atoms with Gasteiger partial charge in [0.2, 0.25) is 0 Å². The van der Waals surface area contributed by atoms with E-state index in [4.69, 9.17) is 4.74 Å². The summed E-state index contributed by atoms with van der Waals surface area (Å²) in [5.41, 5.74) is 0.428. The molecule has 2 rings (SSSR count). The Balaban J connectivity index is 2.09. The molecule has 0 aliphatic carbocycles. The molecule has 0 saturated heterocycles. The summed E-state index contributed by atoms with van der Waals surface area (Å²) in [5, 5.41) is 4.13. The van der Waals surface area contributed by atoms with Crippen molar-refractivity contribution in [1.29, 1.82) is 0 Å². The van der Waals surface area contributed by atoms with Gasteiger partial charge in [-0.3, -0.25) is 0 Å². The van der Waals surface area contributed by atoms with Gasteiger partial charge in [0.05, 0.1) is 6.04 Å². The Morgan fingerprint density at radius 2 is 2.09 bits per heavy atom. The van der Waals surface area contributed by atoms with Gasteiger partial charge in [0.15, 0.2) is 5.82 Å². The number of ether oxygens (including phenoxy) is 1. The maximum Gasteiger partial charge on any atom is 0.410 e. The lowest BCUT2D eigenvalue weighted by Crippen LogP contribution is -2.35. The normalized spacial score (nSPS) is 12.8. The van der Waals surface area contributed by atoms with Crippen molar-refractivity contribution in [3.63, 3.8) is 0 Å². The van der Waals surface area contributed by atoms with Crippen molar-refractivity contribution in [2.45, 2.75) is 39.3 Å². The van der Waals surface area contributed by atoms with Gasteiger partial charge in [0.25, 0.3) is 0 Å². The molecule has 0 aromatic carbocycles. The van der Waals surface area contributed by atoms with Crippen LogP contribution in [0, 0.1) is 0 Å². The van der Waals surface area contributed by atoms with Crippen LogP contribution in [0.4, 0.5) is 4.79 Å². The molecule has 2 aromatic rings. The monoisotopic (exact) mass is 302 g/mol. The summed E-state index contributed by atoms with van der Waals surface area (Å²) in [6.07, 6.45) is 4.94. The van der Waals surface area contributed by atoms with Gasteiger partial charge in [0, 0.05) is 25.6 Å². The first-order valence-corrected chi connectivity index (χ1v) is 7.20. The van der Waals surface area contributed by atoms with Crippen molar-refractivity contribution >= 4 is 6.09 Å². The van der Waals surface area contributed by atoms with E-state index < -0.39 is 5.60 Å². The van der Waals surface area contributed by atoms with Gasteiger partial charge >= 0.3 is 6.09 Å². The fourth-order valence-corrected chi connectivity index (χ4v) is 1.90. The minimum atomic E-state index is -0.507. The quantitative estimate of drug-likeness (QED) is 0.873. The average Bonchev–Trinajstić information content (AvgIpc) is 2.98. The average molecular weight is 302 g/mol. The third-order valence-electron chi connectivity index (χ3n) is 3.25. The van der Waals surface area contributed by atoms with E-state index in [0.717, 1.165) is 11.4 Å². The van der Waals surface area contributed by atoms with E-state index >= 15 is 0 Å². The van der Waals surface area contributed by atoms with Crippen molar-refractivity contribution in [3.8, 4) is 5.82 Å². The van der Waals surface area contributed by atoms with E-state index in [1.807, 2.05) is 52.1 Å².